The average molecular weight is 393 g/mol. The van der Waals surface area contributed by atoms with Gasteiger partial charge in [0.05, 0.1) is 0 Å². The van der Waals surface area contributed by atoms with Gasteiger partial charge in [0.2, 0.25) is 0 Å². The summed E-state index contributed by atoms with van der Waals surface area (Å²) in [7, 11) is 0. The second kappa shape index (κ2) is 6.33. The van der Waals surface area contributed by atoms with Gasteiger partial charge in [-0.2, -0.15) is 0 Å². The number of nitrogens with zero attached hydrogens (tertiary/aromatic N) is 6. The second-order valence-electron chi connectivity index (χ2n) is 7.58. The zero-order valence-electron chi connectivity index (χ0n) is 16.2. The molecule has 0 saturated carbocycles. The first-order valence-corrected chi connectivity index (χ1v) is 10.1. The Morgan fingerprint density at radius 2 is 1.30 bits per heavy atom. The molecular weight excluding hydrogens is 374 g/mol. The number of hydrogen-bond donors (Lipinski definition) is 0. The van der Waals surface area contributed by atoms with E-state index in [1.54, 1.807) is 12.4 Å². The summed E-state index contributed by atoms with van der Waals surface area (Å²) in [5.74, 6) is 0. The highest BCUT2D eigenvalue weighted by atomic mass is 16.5. The first-order valence-electron chi connectivity index (χ1n) is 10.1. The summed E-state index contributed by atoms with van der Waals surface area (Å²) in [6, 6.07) is 26.4. The smallest absolute Gasteiger partial charge is 0.540 e. The Bertz CT molecular complexity index is 1180. The van der Waals surface area contributed by atoms with Crippen LogP contribution in [0.2, 0.25) is 0 Å². The molecule has 0 bridgehead atoms. The van der Waals surface area contributed by atoms with Gasteiger partial charge in [0.15, 0.2) is 0 Å². The lowest BCUT2D eigenvalue weighted by Crippen LogP contribution is -2.76. The molecule has 2 aromatic carbocycles. The van der Waals surface area contributed by atoms with Crippen LogP contribution in [0, 0.1) is 0 Å². The van der Waals surface area contributed by atoms with Gasteiger partial charge < -0.3 is 22.9 Å². The maximum Gasteiger partial charge on any atom is 0.540 e. The zero-order valence-corrected chi connectivity index (χ0v) is 16.2. The summed E-state index contributed by atoms with van der Waals surface area (Å²) in [4.78, 5) is 0. The molecule has 146 valence electrons. The molecule has 0 fully saturated rings. The number of hydrogen-bond acceptors (Lipinski definition) is 3. The Labute approximate surface area is 173 Å². The third-order valence-corrected chi connectivity index (χ3v) is 6.08. The van der Waals surface area contributed by atoms with Crippen LogP contribution in [0.1, 0.15) is 0 Å². The minimum Gasteiger partial charge on any atom is -0.691 e. The van der Waals surface area contributed by atoms with E-state index >= 15 is 0 Å². The summed E-state index contributed by atoms with van der Waals surface area (Å²) >= 11 is 0. The predicted octanol–water partition coefficient (Wildman–Crippen LogP) is 0.684. The van der Waals surface area contributed by atoms with Crippen molar-refractivity contribution in [2.24, 2.45) is 0 Å². The van der Waals surface area contributed by atoms with Gasteiger partial charge in [-0.05, 0) is 24.5 Å². The van der Waals surface area contributed by atoms with Crippen LogP contribution in [0.3, 0.4) is 0 Å². The van der Waals surface area contributed by atoms with Gasteiger partial charge in [-0.3, -0.25) is 0 Å². The molecular formula is C21H19B2N6O-. The third-order valence-electron chi connectivity index (χ3n) is 6.08. The van der Waals surface area contributed by atoms with Crippen molar-refractivity contribution in [1.82, 2.24) is 24.0 Å². The van der Waals surface area contributed by atoms with Gasteiger partial charge in [0, 0.05) is 24.7 Å². The standard InChI is InChI=1S/C21H19B2N6O/c1-3-10-20(11-4-1)22(26-16-7-14-24-26)28-18-9-19-29(28)23(30-22,27-17-8-15-25-27)21-12-5-2-6-13-21/h1-19H/q-1/t22-,23+. The summed E-state index contributed by atoms with van der Waals surface area (Å²) in [6.45, 7) is -3.84. The normalized spacial score (nSPS) is 22.8. The molecule has 0 N–H and O–H groups in total. The van der Waals surface area contributed by atoms with Crippen LogP contribution in [0.15, 0.2) is 116 Å². The van der Waals surface area contributed by atoms with Crippen LogP contribution in [-0.4, -0.2) is 37.2 Å². The number of fused-ring (bicyclic) bond motifs is 1. The number of rotatable bonds is 4. The van der Waals surface area contributed by atoms with Crippen LogP contribution in [0.25, 0.3) is 0 Å². The lowest BCUT2D eigenvalue weighted by molar-refractivity contribution is -0.624. The Morgan fingerprint density at radius 3 is 1.93 bits per heavy atom. The fourth-order valence-corrected chi connectivity index (χ4v) is 4.87. The second-order valence-corrected chi connectivity index (χ2v) is 7.58. The third kappa shape index (κ3) is 2.12. The van der Waals surface area contributed by atoms with Crippen LogP contribution in [0.5, 0.6) is 0 Å². The van der Waals surface area contributed by atoms with Gasteiger partial charge in [-0.15, -0.1) is 5.46 Å². The molecule has 0 radical (unpaired) electrons. The van der Waals surface area contributed by atoms with E-state index in [0.29, 0.717) is 0 Å². The van der Waals surface area contributed by atoms with Gasteiger partial charge in [-0.25, -0.2) is 10.2 Å². The lowest BCUT2D eigenvalue weighted by atomic mass is 9.52. The molecule has 0 amide bonds. The van der Waals surface area contributed by atoms with Crippen LogP contribution >= 0.6 is 0 Å². The quantitative estimate of drug-likeness (QED) is 0.423. The van der Waals surface area contributed by atoms with E-state index in [4.69, 9.17) is 4.57 Å². The monoisotopic (exact) mass is 393 g/mol. The first kappa shape index (κ1) is 17.1. The van der Waals surface area contributed by atoms with Crippen LogP contribution in [0.4, 0.5) is 0 Å². The zero-order chi connectivity index (χ0) is 20.0. The first-order chi connectivity index (χ1) is 14.9. The van der Waals surface area contributed by atoms with E-state index in [9.17, 15) is 0 Å². The molecule has 0 saturated heterocycles. The van der Waals surface area contributed by atoms with Crippen molar-refractivity contribution in [1.29, 1.82) is 0 Å². The molecule has 7 nitrogen and oxygen atoms in total. The van der Waals surface area contributed by atoms with Crippen molar-refractivity contribution in [2.45, 2.75) is 0 Å². The summed E-state index contributed by atoms with van der Waals surface area (Å²) < 4.78 is 15.4. The summed E-state index contributed by atoms with van der Waals surface area (Å²) in [5, 5.41) is 9.26. The highest BCUT2D eigenvalue weighted by Crippen LogP contribution is 2.23. The molecule has 4 heterocycles. The molecule has 0 unspecified atom stereocenters. The van der Waals surface area contributed by atoms with E-state index in [2.05, 4.69) is 43.6 Å². The van der Waals surface area contributed by atoms with E-state index < -0.39 is 13.2 Å². The van der Waals surface area contributed by atoms with Crippen molar-refractivity contribution in [3.05, 3.63) is 116 Å². The Kier molecular flexibility index (Phi) is 3.60. The lowest BCUT2D eigenvalue weighted by Gasteiger charge is -2.42. The van der Waals surface area contributed by atoms with Gasteiger partial charge >= 0.3 is 13.2 Å². The Morgan fingerprint density at radius 1 is 0.667 bits per heavy atom. The molecule has 1 aliphatic heterocycles. The van der Waals surface area contributed by atoms with Crippen molar-refractivity contribution < 1.29 is 9.16 Å². The largest absolute Gasteiger partial charge is 0.691 e. The Hall–Kier alpha value is -3.84. The molecule has 6 rings (SSSR count). The van der Waals surface area contributed by atoms with E-state index in [0.717, 1.165) is 10.9 Å². The summed E-state index contributed by atoms with van der Waals surface area (Å²) in [6.07, 6.45) is 11.6. The van der Waals surface area contributed by atoms with Crippen LogP contribution < -0.4 is 15.5 Å². The molecule has 1 aliphatic rings. The molecule has 2 atom stereocenters. The maximum atomic E-state index is 7.26. The summed E-state index contributed by atoms with van der Waals surface area (Å²) in [5.41, 5.74) is 2.05. The molecule has 0 aliphatic carbocycles. The predicted molar refractivity (Wildman–Crippen MR) is 115 cm³/mol. The van der Waals surface area contributed by atoms with Crippen molar-refractivity contribution in [3.63, 3.8) is 0 Å². The van der Waals surface area contributed by atoms with E-state index in [1.165, 1.54) is 0 Å². The fourth-order valence-electron chi connectivity index (χ4n) is 4.87. The fraction of sp³-hybridized carbons (Fsp3) is 0. The van der Waals surface area contributed by atoms with Crippen molar-refractivity contribution in [2.75, 3.05) is 0 Å². The van der Waals surface area contributed by atoms with Crippen molar-refractivity contribution in [3.8, 4) is 0 Å². The molecule has 9 heteroatoms. The highest BCUT2D eigenvalue weighted by Gasteiger charge is 2.58. The van der Waals surface area contributed by atoms with E-state index in [1.807, 2.05) is 88.6 Å². The highest BCUT2D eigenvalue weighted by molar-refractivity contribution is 6.95. The SMILES string of the molecule is c1ccc([B@@-]2(n3cccn3)O[B@-](c3ccccc3)(n3cccn3)[n+]3cccn32)cc1. The Balaban J connectivity index is 1.72. The number of aromatic nitrogens is 6. The topological polar surface area (TPSA) is 53.7 Å². The van der Waals surface area contributed by atoms with Crippen LogP contribution in [-0.2, 0) is 4.57 Å². The van der Waals surface area contributed by atoms with Crippen molar-refractivity contribution >= 4 is 24.2 Å². The average Bonchev–Trinajstić information content (AvgIpc) is 3.60. The minimum atomic E-state index is -1.92. The van der Waals surface area contributed by atoms with E-state index in [-0.39, 0.29) is 0 Å². The van der Waals surface area contributed by atoms with Gasteiger partial charge in [-0.1, -0.05) is 66.1 Å². The minimum absolute atomic E-state index is 1.03. The molecule has 0 spiro atoms. The maximum absolute atomic E-state index is 7.26. The van der Waals surface area contributed by atoms with Gasteiger partial charge in [0.1, 0.15) is 6.20 Å². The molecule has 3 aromatic heterocycles. The molecule has 30 heavy (non-hydrogen) atoms. The number of benzene rings is 2. The molecule has 5 aromatic rings. The van der Waals surface area contributed by atoms with Gasteiger partial charge in [0.25, 0.3) is 0 Å².